The van der Waals surface area contributed by atoms with Crippen molar-refractivity contribution in [2.45, 2.75) is 12.8 Å². The number of para-hydroxylation sites is 2. The number of hydrogen-bond donors (Lipinski definition) is 1. The van der Waals surface area contributed by atoms with E-state index >= 15 is 0 Å². The molecule has 0 radical (unpaired) electrons. The largest absolute Gasteiger partial charge is 0.355 e. The number of nitro groups is 1. The van der Waals surface area contributed by atoms with Crippen LogP contribution in [0.2, 0.25) is 0 Å². The Labute approximate surface area is 142 Å². The van der Waals surface area contributed by atoms with Gasteiger partial charge in [0.15, 0.2) is 0 Å². The molecule has 2 aromatic carbocycles. The lowest BCUT2D eigenvalue weighted by Gasteiger charge is -2.04. The number of carbonyl (C=O) groups is 1. The fraction of sp³-hybridized carbons (Fsp3) is 0.176. The molecule has 0 aliphatic rings. The van der Waals surface area contributed by atoms with Crippen LogP contribution in [-0.4, -0.2) is 22.4 Å². The molecule has 0 spiro atoms. The number of hydrogen-bond acceptors (Lipinski definition) is 5. The van der Waals surface area contributed by atoms with Gasteiger partial charge < -0.3 is 5.32 Å². The summed E-state index contributed by atoms with van der Waals surface area (Å²) in [6, 6.07) is 14.2. The molecule has 24 heavy (non-hydrogen) atoms. The van der Waals surface area contributed by atoms with Crippen LogP contribution < -0.4 is 5.32 Å². The van der Waals surface area contributed by atoms with E-state index in [4.69, 9.17) is 0 Å². The highest BCUT2D eigenvalue weighted by Crippen LogP contribution is 2.21. The van der Waals surface area contributed by atoms with Crippen molar-refractivity contribution < 1.29 is 9.72 Å². The molecule has 0 saturated heterocycles. The van der Waals surface area contributed by atoms with Gasteiger partial charge in [0.25, 0.3) is 5.69 Å². The van der Waals surface area contributed by atoms with Gasteiger partial charge in [0.1, 0.15) is 0 Å². The third-order valence-electron chi connectivity index (χ3n) is 3.54. The highest BCUT2D eigenvalue weighted by atomic mass is 32.1. The molecular formula is C17H15N3O3S. The average Bonchev–Trinajstić information content (AvgIpc) is 2.97. The first-order chi connectivity index (χ1) is 11.6. The first kappa shape index (κ1) is 16.1. The molecule has 0 saturated carbocycles. The van der Waals surface area contributed by atoms with Crippen LogP contribution in [0.15, 0.2) is 48.5 Å². The Balaban J connectivity index is 1.55. The van der Waals surface area contributed by atoms with Crippen molar-refractivity contribution in [2.24, 2.45) is 0 Å². The second-order valence-corrected chi connectivity index (χ2v) is 6.35. The number of thiazole rings is 1. The monoisotopic (exact) mass is 341 g/mol. The first-order valence-electron chi connectivity index (χ1n) is 7.47. The molecule has 0 aliphatic heterocycles. The molecule has 1 aromatic heterocycles. The Bertz CT molecular complexity index is 858. The van der Waals surface area contributed by atoms with E-state index in [0.29, 0.717) is 18.5 Å². The lowest BCUT2D eigenvalue weighted by atomic mass is 10.1. The van der Waals surface area contributed by atoms with Gasteiger partial charge in [0, 0.05) is 24.6 Å². The topological polar surface area (TPSA) is 85.1 Å². The maximum atomic E-state index is 12.0. The van der Waals surface area contributed by atoms with Crippen molar-refractivity contribution in [1.82, 2.24) is 10.3 Å². The molecule has 0 atom stereocenters. The third kappa shape index (κ3) is 3.75. The summed E-state index contributed by atoms with van der Waals surface area (Å²) in [5, 5.41) is 14.7. The van der Waals surface area contributed by atoms with Gasteiger partial charge in [0.2, 0.25) is 5.91 Å². The van der Waals surface area contributed by atoms with Crippen molar-refractivity contribution >= 4 is 33.1 Å². The van der Waals surface area contributed by atoms with Crippen LogP contribution in [0.25, 0.3) is 10.2 Å². The minimum atomic E-state index is -0.469. The van der Waals surface area contributed by atoms with Crippen molar-refractivity contribution in [3.63, 3.8) is 0 Å². The molecule has 0 aliphatic carbocycles. The molecule has 1 amide bonds. The second-order valence-electron chi connectivity index (χ2n) is 5.24. The summed E-state index contributed by atoms with van der Waals surface area (Å²) in [4.78, 5) is 27.0. The van der Waals surface area contributed by atoms with Gasteiger partial charge in [0.05, 0.1) is 26.6 Å². The average molecular weight is 341 g/mol. The normalized spacial score (nSPS) is 10.7. The number of nitro benzene ring substituents is 1. The second kappa shape index (κ2) is 7.18. The van der Waals surface area contributed by atoms with E-state index in [1.165, 1.54) is 6.07 Å². The molecule has 122 valence electrons. The van der Waals surface area contributed by atoms with E-state index in [-0.39, 0.29) is 18.0 Å². The number of nitrogens with zero attached hydrogens (tertiary/aromatic N) is 2. The molecule has 1 heterocycles. The minimum Gasteiger partial charge on any atom is -0.355 e. The van der Waals surface area contributed by atoms with Crippen LogP contribution in [0.3, 0.4) is 0 Å². The third-order valence-corrected chi connectivity index (χ3v) is 4.63. The number of fused-ring (bicyclic) bond motifs is 1. The van der Waals surface area contributed by atoms with Gasteiger partial charge in [-0.2, -0.15) is 0 Å². The lowest BCUT2D eigenvalue weighted by Crippen LogP contribution is -2.27. The number of rotatable bonds is 6. The fourth-order valence-corrected chi connectivity index (χ4v) is 3.38. The van der Waals surface area contributed by atoms with Gasteiger partial charge in [-0.25, -0.2) is 4.98 Å². The van der Waals surface area contributed by atoms with E-state index in [2.05, 4.69) is 10.3 Å². The van der Waals surface area contributed by atoms with Gasteiger partial charge in [-0.15, -0.1) is 11.3 Å². The molecular weight excluding hydrogens is 326 g/mol. The predicted octanol–water partition coefficient (Wildman–Crippen LogP) is 3.11. The van der Waals surface area contributed by atoms with E-state index in [1.807, 2.05) is 24.3 Å². The van der Waals surface area contributed by atoms with E-state index in [1.54, 1.807) is 29.5 Å². The van der Waals surface area contributed by atoms with Crippen molar-refractivity contribution in [2.75, 3.05) is 6.54 Å². The highest BCUT2D eigenvalue weighted by Gasteiger charge is 2.15. The van der Waals surface area contributed by atoms with Gasteiger partial charge in [-0.1, -0.05) is 30.3 Å². The maximum Gasteiger partial charge on any atom is 0.273 e. The Hall–Kier alpha value is -2.80. The van der Waals surface area contributed by atoms with Crippen LogP contribution in [0.1, 0.15) is 10.6 Å². The molecule has 1 N–H and O–H groups in total. The van der Waals surface area contributed by atoms with Crippen molar-refractivity contribution in [3.8, 4) is 0 Å². The smallest absolute Gasteiger partial charge is 0.273 e. The molecule has 0 unspecified atom stereocenters. The zero-order chi connectivity index (χ0) is 16.9. The van der Waals surface area contributed by atoms with Crippen LogP contribution in [0.5, 0.6) is 0 Å². The zero-order valence-corrected chi connectivity index (χ0v) is 13.6. The summed E-state index contributed by atoms with van der Waals surface area (Å²) in [5.41, 5.74) is 1.35. The van der Waals surface area contributed by atoms with E-state index in [0.717, 1.165) is 15.2 Å². The Morgan fingerprint density at radius 1 is 1.17 bits per heavy atom. The Kier molecular flexibility index (Phi) is 4.81. The first-order valence-corrected chi connectivity index (χ1v) is 8.28. The fourth-order valence-electron chi connectivity index (χ4n) is 2.41. The van der Waals surface area contributed by atoms with E-state index < -0.39 is 4.92 Å². The molecule has 3 rings (SSSR count). The molecule has 7 heteroatoms. The van der Waals surface area contributed by atoms with Crippen LogP contribution >= 0.6 is 11.3 Å². The summed E-state index contributed by atoms with van der Waals surface area (Å²) in [7, 11) is 0. The number of benzene rings is 2. The van der Waals surface area contributed by atoms with Crippen LogP contribution in [0.4, 0.5) is 5.69 Å². The number of nitrogens with one attached hydrogen (secondary N) is 1. The number of carbonyl (C=O) groups excluding carboxylic acids is 1. The SMILES string of the molecule is O=C(Cc1ccccc1[N+](=O)[O-])NCCc1nc2ccccc2s1. The zero-order valence-electron chi connectivity index (χ0n) is 12.8. The summed E-state index contributed by atoms with van der Waals surface area (Å²) < 4.78 is 1.12. The Morgan fingerprint density at radius 2 is 1.92 bits per heavy atom. The summed E-state index contributed by atoms with van der Waals surface area (Å²) in [6.45, 7) is 0.458. The molecule has 0 bridgehead atoms. The van der Waals surface area contributed by atoms with Crippen LogP contribution in [-0.2, 0) is 17.6 Å². The summed E-state index contributed by atoms with van der Waals surface area (Å²) in [5.74, 6) is -0.231. The predicted molar refractivity (Wildman–Crippen MR) is 93.1 cm³/mol. The standard InChI is InChI=1S/C17H15N3O3S/c21-16(11-12-5-1-3-7-14(12)20(22)23)18-10-9-17-19-13-6-2-4-8-15(13)24-17/h1-8H,9-11H2,(H,18,21). The van der Waals surface area contributed by atoms with Gasteiger partial charge in [-0.05, 0) is 12.1 Å². The van der Waals surface area contributed by atoms with Crippen molar-refractivity contribution in [1.29, 1.82) is 0 Å². The van der Waals surface area contributed by atoms with Crippen LogP contribution in [0, 0.1) is 10.1 Å². The highest BCUT2D eigenvalue weighted by molar-refractivity contribution is 7.18. The Morgan fingerprint density at radius 3 is 2.71 bits per heavy atom. The van der Waals surface area contributed by atoms with Gasteiger partial charge >= 0.3 is 0 Å². The van der Waals surface area contributed by atoms with Crippen molar-refractivity contribution in [3.05, 3.63) is 69.2 Å². The summed E-state index contributed by atoms with van der Waals surface area (Å²) in [6.07, 6.45) is 0.638. The molecule has 6 nitrogen and oxygen atoms in total. The summed E-state index contributed by atoms with van der Waals surface area (Å²) >= 11 is 1.61. The van der Waals surface area contributed by atoms with E-state index in [9.17, 15) is 14.9 Å². The molecule has 0 fully saturated rings. The van der Waals surface area contributed by atoms with Gasteiger partial charge in [-0.3, -0.25) is 14.9 Å². The quantitative estimate of drug-likeness (QED) is 0.551. The number of amides is 1. The maximum absolute atomic E-state index is 12.0. The minimum absolute atomic E-state index is 0.00298. The lowest BCUT2D eigenvalue weighted by molar-refractivity contribution is -0.385. The molecule has 3 aromatic rings. The number of aromatic nitrogens is 1.